The van der Waals surface area contributed by atoms with Gasteiger partial charge in [-0.2, -0.15) is 5.10 Å². The zero-order chi connectivity index (χ0) is 14.1. The number of aryl methyl sites for hydroxylation is 2. The summed E-state index contributed by atoms with van der Waals surface area (Å²) in [7, 11) is 1.62. The summed E-state index contributed by atoms with van der Waals surface area (Å²) in [4.78, 5) is 0. The molecule has 0 amide bonds. The van der Waals surface area contributed by atoms with Crippen molar-refractivity contribution in [1.82, 2.24) is 14.3 Å². The first kappa shape index (κ1) is 12.9. The van der Waals surface area contributed by atoms with Crippen LogP contribution in [0.25, 0.3) is 10.9 Å². The van der Waals surface area contributed by atoms with Crippen LogP contribution in [0, 0.1) is 0 Å². The number of nitrogens with zero attached hydrogens (tertiary/aromatic N) is 3. The van der Waals surface area contributed by atoms with Crippen molar-refractivity contribution < 1.29 is 4.74 Å². The molecule has 0 radical (unpaired) electrons. The minimum atomic E-state index is 0.623. The van der Waals surface area contributed by atoms with Crippen LogP contribution >= 0.6 is 11.6 Å². The van der Waals surface area contributed by atoms with Crippen LogP contribution in [0.3, 0.4) is 0 Å². The molecule has 2 N–H and O–H groups in total. The van der Waals surface area contributed by atoms with Crippen LogP contribution in [0.2, 0.25) is 5.02 Å². The Balaban J connectivity index is 1.88. The molecule has 0 atom stereocenters. The van der Waals surface area contributed by atoms with Crippen molar-refractivity contribution >= 4 is 28.2 Å². The van der Waals surface area contributed by atoms with Gasteiger partial charge in [0.1, 0.15) is 5.75 Å². The lowest BCUT2D eigenvalue weighted by Crippen LogP contribution is -2.06. The fourth-order valence-electron chi connectivity index (χ4n) is 2.25. The molecule has 20 heavy (non-hydrogen) atoms. The van der Waals surface area contributed by atoms with Gasteiger partial charge in [-0.15, -0.1) is 0 Å². The number of fused-ring (bicyclic) bond motifs is 1. The summed E-state index contributed by atoms with van der Waals surface area (Å²) in [6.45, 7) is 1.56. The highest BCUT2D eigenvalue weighted by atomic mass is 35.5. The van der Waals surface area contributed by atoms with E-state index < -0.39 is 0 Å². The van der Waals surface area contributed by atoms with Crippen LogP contribution in [-0.2, 0) is 13.1 Å². The molecular formula is C14H15ClN4O. The first-order chi connectivity index (χ1) is 9.67. The molecule has 0 fully saturated rings. The van der Waals surface area contributed by atoms with Gasteiger partial charge in [-0.3, -0.25) is 4.68 Å². The number of anilines is 1. The maximum Gasteiger partial charge on any atom is 0.139 e. The number of nitrogens with two attached hydrogens (primary N) is 1. The predicted octanol–water partition coefficient (Wildman–Crippen LogP) is 2.78. The Morgan fingerprint density at radius 2 is 2.20 bits per heavy atom. The lowest BCUT2D eigenvalue weighted by atomic mass is 10.2. The van der Waals surface area contributed by atoms with E-state index >= 15 is 0 Å². The van der Waals surface area contributed by atoms with E-state index in [2.05, 4.69) is 9.67 Å². The molecule has 0 bridgehead atoms. The second-order valence-electron chi connectivity index (χ2n) is 4.59. The zero-order valence-electron chi connectivity index (χ0n) is 11.1. The molecule has 0 spiro atoms. The van der Waals surface area contributed by atoms with Gasteiger partial charge in [-0.25, -0.2) is 0 Å². The van der Waals surface area contributed by atoms with Gasteiger partial charge >= 0.3 is 0 Å². The van der Waals surface area contributed by atoms with E-state index in [0.29, 0.717) is 16.5 Å². The molecule has 0 unspecified atom stereocenters. The minimum absolute atomic E-state index is 0.623. The highest BCUT2D eigenvalue weighted by Gasteiger charge is 2.07. The van der Waals surface area contributed by atoms with Gasteiger partial charge in [0.05, 0.1) is 36.1 Å². The number of hydrogen-bond donors (Lipinski definition) is 1. The van der Waals surface area contributed by atoms with Crippen molar-refractivity contribution in [1.29, 1.82) is 0 Å². The van der Waals surface area contributed by atoms with E-state index in [-0.39, 0.29) is 0 Å². The third kappa shape index (κ3) is 2.32. The van der Waals surface area contributed by atoms with Crippen LogP contribution in [0.1, 0.15) is 0 Å². The number of rotatable bonds is 4. The lowest BCUT2D eigenvalue weighted by molar-refractivity contribution is 0.415. The highest BCUT2D eigenvalue weighted by molar-refractivity contribution is 6.32. The summed E-state index contributed by atoms with van der Waals surface area (Å²) in [6, 6.07) is 5.91. The second kappa shape index (κ2) is 5.09. The molecule has 0 aliphatic carbocycles. The van der Waals surface area contributed by atoms with E-state index in [0.717, 1.165) is 24.0 Å². The van der Waals surface area contributed by atoms with Gasteiger partial charge in [0, 0.05) is 30.4 Å². The molecule has 0 aliphatic rings. The molecule has 1 aromatic carbocycles. The molecule has 3 rings (SSSR count). The molecule has 6 heteroatoms. The normalized spacial score (nSPS) is 11.1. The third-order valence-corrected chi connectivity index (χ3v) is 3.56. The van der Waals surface area contributed by atoms with Gasteiger partial charge in [0.25, 0.3) is 0 Å². The summed E-state index contributed by atoms with van der Waals surface area (Å²) < 4.78 is 9.24. The number of ether oxygens (including phenoxy) is 1. The molecular weight excluding hydrogens is 276 g/mol. The number of aromatic nitrogens is 3. The van der Waals surface area contributed by atoms with Crippen LogP contribution in [0.15, 0.2) is 36.8 Å². The lowest BCUT2D eigenvalue weighted by Gasteiger charge is -2.08. The van der Waals surface area contributed by atoms with Crippen molar-refractivity contribution in [3.05, 3.63) is 41.8 Å². The van der Waals surface area contributed by atoms with E-state index in [1.54, 1.807) is 13.3 Å². The topological polar surface area (TPSA) is 58.0 Å². The average molecular weight is 291 g/mol. The van der Waals surface area contributed by atoms with Gasteiger partial charge in [0.2, 0.25) is 0 Å². The quantitative estimate of drug-likeness (QED) is 0.804. The van der Waals surface area contributed by atoms with E-state index in [1.807, 2.05) is 35.3 Å². The van der Waals surface area contributed by atoms with Gasteiger partial charge < -0.3 is 15.0 Å². The Hall–Kier alpha value is -2.14. The Kier molecular flexibility index (Phi) is 3.28. The minimum Gasteiger partial charge on any atom is -0.495 e. The largest absolute Gasteiger partial charge is 0.495 e. The predicted molar refractivity (Wildman–Crippen MR) is 80.1 cm³/mol. The Bertz CT molecular complexity index is 747. The highest BCUT2D eigenvalue weighted by Crippen LogP contribution is 2.30. The average Bonchev–Trinajstić information content (AvgIpc) is 3.01. The SMILES string of the molecule is COc1cc2c(ccn2CCn2cc(N)cn2)cc1Cl. The molecule has 0 aliphatic heterocycles. The van der Waals surface area contributed by atoms with Crippen LogP contribution in [0.5, 0.6) is 5.75 Å². The Labute approximate surface area is 121 Å². The zero-order valence-corrected chi connectivity index (χ0v) is 11.8. The van der Waals surface area contributed by atoms with Crippen molar-refractivity contribution in [2.45, 2.75) is 13.1 Å². The third-order valence-electron chi connectivity index (χ3n) is 3.27. The van der Waals surface area contributed by atoms with Gasteiger partial charge in [-0.05, 0) is 12.1 Å². The van der Waals surface area contributed by atoms with Gasteiger partial charge in [0.15, 0.2) is 0 Å². The van der Waals surface area contributed by atoms with Crippen molar-refractivity contribution in [2.75, 3.05) is 12.8 Å². The first-order valence-corrected chi connectivity index (χ1v) is 6.65. The smallest absolute Gasteiger partial charge is 0.139 e. The van der Waals surface area contributed by atoms with E-state index in [9.17, 15) is 0 Å². The van der Waals surface area contributed by atoms with E-state index in [4.69, 9.17) is 22.1 Å². The van der Waals surface area contributed by atoms with Crippen molar-refractivity contribution in [2.24, 2.45) is 0 Å². The fraction of sp³-hybridized carbons (Fsp3) is 0.214. The molecule has 0 saturated heterocycles. The van der Waals surface area contributed by atoms with Crippen molar-refractivity contribution in [3.63, 3.8) is 0 Å². The van der Waals surface area contributed by atoms with E-state index in [1.165, 1.54) is 0 Å². The van der Waals surface area contributed by atoms with Crippen molar-refractivity contribution in [3.8, 4) is 5.75 Å². The Morgan fingerprint density at radius 3 is 2.90 bits per heavy atom. The monoisotopic (exact) mass is 290 g/mol. The standard InChI is InChI=1S/C14H15ClN4O/c1-20-14-7-13-10(6-12(14)15)2-3-18(13)4-5-19-9-11(16)8-17-19/h2-3,6-9H,4-5,16H2,1H3. The maximum absolute atomic E-state index is 6.13. The summed E-state index contributed by atoms with van der Waals surface area (Å²) in [5, 5.41) is 5.89. The summed E-state index contributed by atoms with van der Waals surface area (Å²) >= 11 is 6.13. The molecule has 2 aromatic heterocycles. The van der Waals surface area contributed by atoms with Crippen LogP contribution < -0.4 is 10.5 Å². The Morgan fingerprint density at radius 1 is 1.35 bits per heavy atom. The number of methoxy groups -OCH3 is 1. The molecule has 2 heterocycles. The summed E-state index contributed by atoms with van der Waals surface area (Å²) in [5.41, 5.74) is 7.42. The number of hydrogen-bond acceptors (Lipinski definition) is 3. The summed E-state index contributed by atoms with van der Waals surface area (Å²) in [5.74, 6) is 0.683. The number of nitrogen functional groups attached to an aromatic ring is 1. The molecule has 0 saturated carbocycles. The fourth-order valence-corrected chi connectivity index (χ4v) is 2.50. The number of benzene rings is 1. The summed E-state index contributed by atoms with van der Waals surface area (Å²) in [6.07, 6.45) is 5.51. The van der Waals surface area contributed by atoms with Gasteiger partial charge in [-0.1, -0.05) is 11.6 Å². The van der Waals surface area contributed by atoms with Crippen LogP contribution in [-0.4, -0.2) is 21.5 Å². The van der Waals surface area contributed by atoms with Crippen LogP contribution in [0.4, 0.5) is 5.69 Å². The molecule has 104 valence electrons. The first-order valence-electron chi connectivity index (χ1n) is 6.27. The maximum atomic E-state index is 6.13. The second-order valence-corrected chi connectivity index (χ2v) is 5.00. The molecule has 5 nitrogen and oxygen atoms in total. The molecule has 3 aromatic rings. The number of halogens is 1.